The lowest BCUT2D eigenvalue weighted by Gasteiger charge is -2.25. The van der Waals surface area contributed by atoms with Gasteiger partial charge >= 0.3 is 0 Å². The highest BCUT2D eigenvalue weighted by Crippen LogP contribution is 2.34. The van der Waals surface area contributed by atoms with E-state index in [2.05, 4.69) is 4.90 Å². The number of amides is 1. The van der Waals surface area contributed by atoms with Crippen LogP contribution in [-0.4, -0.2) is 17.6 Å². The van der Waals surface area contributed by atoms with Gasteiger partial charge in [-0.1, -0.05) is 12.1 Å². The largest absolute Gasteiger partial charge is 0.388 e. The molecule has 1 heterocycles. The zero-order valence-corrected chi connectivity index (χ0v) is 12.7. The number of anilines is 1. The lowest BCUT2D eigenvalue weighted by molar-refractivity contribution is 0.100. The number of nitrogens with zero attached hydrogens (tertiary/aromatic N) is 1. The SMILES string of the molecule is NC(=O)c1ccc(CN2CCCC(O)c3cc(F)ccc32)cc1. The van der Waals surface area contributed by atoms with Crippen LogP contribution in [0.3, 0.4) is 0 Å². The summed E-state index contributed by atoms with van der Waals surface area (Å²) in [5.41, 5.74) is 8.24. The average Bonchev–Trinajstić information content (AvgIpc) is 2.68. The lowest BCUT2D eigenvalue weighted by Crippen LogP contribution is -2.23. The third-order valence-corrected chi connectivity index (χ3v) is 4.21. The molecule has 1 aliphatic rings. The summed E-state index contributed by atoms with van der Waals surface area (Å²) in [6, 6.07) is 11.7. The number of primary amides is 1. The first-order valence-electron chi connectivity index (χ1n) is 7.66. The normalized spacial score (nSPS) is 17.5. The summed E-state index contributed by atoms with van der Waals surface area (Å²) in [5.74, 6) is -0.786. The van der Waals surface area contributed by atoms with E-state index in [-0.39, 0.29) is 5.82 Å². The Bertz CT molecular complexity index is 715. The molecule has 0 fully saturated rings. The van der Waals surface area contributed by atoms with E-state index in [0.29, 0.717) is 24.1 Å². The number of nitrogens with two attached hydrogens (primary N) is 1. The number of aliphatic hydroxyl groups excluding tert-OH is 1. The van der Waals surface area contributed by atoms with Crippen molar-refractivity contribution < 1.29 is 14.3 Å². The zero-order chi connectivity index (χ0) is 16.4. The fourth-order valence-corrected chi connectivity index (χ4v) is 2.99. The van der Waals surface area contributed by atoms with E-state index in [1.165, 1.54) is 12.1 Å². The molecule has 2 aromatic rings. The van der Waals surface area contributed by atoms with Gasteiger partial charge in [-0.25, -0.2) is 4.39 Å². The number of rotatable bonds is 3. The molecular weight excluding hydrogens is 295 g/mol. The molecule has 23 heavy (non-hydrogen) atoms. The Morgan fingerprint density at radius 1 is 1.26 bits per heavy atom. The van der Waals surface area contributed by atoms with E-state index in [0.717, 1.165) is 24.2 Å². The summed E-state index contributed by atoms with van der Waals surface area (Å²) in [7, 11) is 0. The molecule has 0 aliphatic carbocycles. The highest BCUT2D eigenvalue weighted by molar-refractivity contribution is 5.92. The maximum atomic E-state index is 13.5. The monoisotopic (exact) mass is 314 g/mol. The van der Waals surface area contributed by atoms with Gasteiger partial charge in [-0.15, -0.1) is 0 Å². The van der Waals surface area contributed by atoms with Crippen molar-refractivity contribution in [1.29, 1.82) is 0 Å². The molecule has 4 nitrogen and oxygen atoms in total. The van der Waals surface area contributed by atoms with E-state index in [1.54, 1.807) is 18.2 Å². The van der Waals surface area contributed by atoms with Crippen LogP contribution in [0.2, 0.25) is 0 Å². The van der Waals surface area contributed by atoms with Crippen molar-refractivity contribution in [2.75, 3.05) is 11.4 Å². The maximum absolute atomic E-state index is 13.5. The Labute approximate surface area is 134 Å². The molecule has 0 saturated carbocycles. The number of hydrogen-bond donors (Lipinski definition) is 2. The predicted molar refractivity (Wildman–Crippen MR) is 86.6 cm³/mol. The molecule has 0 bridgehead atoms. The quantitative estimate of drug-likeness (QED) is 0.915. The average molecular weight is 314 g/mol. The minimum atomic E-state index is -0.636. The zero-order valence-electron chi connectivity index (χ0n) is 12.7. The molecule has 1 atom stereocenters. The fraction of sp³-hybridized carbons (Fsp3) is 0.278. The van der Waals surface area contributed by atoms with E-state index in [1.807, 2.05) is 12.1 Å². The highest BCUT2D eigenvalue weighted by atomic mass is 19.1. The molecule has 5 heteroatoms. The fourth-order valence-electron chi connectivity index (χ4n) is 2.99. The second-order valence-corrected chi connectivity index (χ2v) is 5.84. The molecule has 1 aliphatic heterocycles. The van der Waals surface area contributed by atoms with Gasteiger partial charge in [0, 0.05) is 29.9 Å². The number of carbonyl (C=O) groups is 1. The summed E-state index contributed by atoms with van der Waals surface area (Å²) in [6.07, 6.45) is 0.813. The number of hydrogen-bond acceptors (Lipinski definition) is 3. The Hall–Kier alpha value is -2.40. The van der Waals surface area contributed by atoms with Gasteiger partial charge in [-0.2, -0.15) is 0 Å². The van der Waals surface area contributed by atoms with Gasteiger partial charge in [0.2, 0.25) is 5.91 Å². The first-order chi connectivity index (χ1) is 11.0. The van der Waals surface area contributed by atoms with Crippen molar-refractivity contribution in [2.24, 2.45) is 5.73 Å². The van der Waals surface area contributed by atoms with E-state index in [4.69, 9.17) is 5.73 Å². The van der Waals surface area contributed by atoms with Crippen LogP contribution in [0.4, 0.5) is 10.1 Å². The molecule has 0 saturated heterocycles. The van der Waals surface area contributed by atoms with Crippen LogP contribution < -0.4 is 10.6 Å². The van der Waals surface area contributed by atoms with Gasteiger partial charge in [0.05, 0.1) is 6.10 Å². The van der Waals surface area contributed by atoms with Crippen LogP contribution in [0.15, 0.2) is 42.5 Å². The molecule has 0 radical (unpaired) electrons. The number of halogens is 1. The van der Waals surface area contributed by atoms with Crippen molar-refractivity contribution in [1.82, 2.24) is 0 Å². The van der Waals surface area contributed by atoms with Crippen molar-refractivity contribution in [2.45, 2.75) is 25.5 Å². The summed E-state index contributed by atoms with van der Waals surface area (Å²) >= 11 is 0. The Morgan fingerprint density at radius 3 is 2.70 bits per heavy atom. The van der Waals surface area contributed by atoms with Crippen LogP contribution in [-0.2, 0) is 6.54 Å². The molecular formula is C18H19FN2O2. The molecule has 3 N–H and O–H groups in total. The smallest absolute Gasteiger partial charge is 0.248 e. The van der Waals surface area contributed by atoms with Crippen molar-refractivity contribution in [3.8, 4) is 0 Å². The van der Waals surface area contributed by atoms with Gasteiger partial charge < -0.3 is 15.7 Å². The number of carbonyl (C=O) groups excluding carboxylic acids is 1. The topological polar surface area (TPSA) is 66.6 Å². The maximum Gasteiger partial charge on any atom is 0.248 e. The summed E-state index contributed by atoms with van der Waals surface area (Å²) in [4.78, 5) is 13.3. The van der Waals surface area contributed by atoms with Crippen LogP contribution in [0.25, 0.3) is 0 Å². The summed E-state index contributed by atoms with van der Waals surface area (Å²) < 4.78 is 13.5. The Balaban J connectivity index is 1.87. The van der Waals surface area contributed by atoms with Crippen molar-refractivity contribution >= 4 is 11.6 Å². The third kappa shape index (κ3) is 3.35. The third-order valence-electron chi connectivity index (χ3n) is 4.21. The number of fused-ring (bicyclic) bond motifs is 1. The molecule has 0 spiro atoms. The molecule has 2 aromatic carbocycles. The molecule has 1 unspecified atom stereocenters. The van der Waals surface area contributed by atoms with Crippen LogP contribution in [0.5, 0.6) is 0 Å². The van der Waals surface area contributed by atoms with Gasteiger partial charge in [0.15, 0.2) is 0 Å². The molecule has 120 valence electrons. The number of benzene rings is 2. The van der Waals surface area contributed by atoms with Gasteiger partial charge in [-0.3, -0.25) is 4.79 Å². The van der Waals surface area contributed by atoms with Gasteiger partial charge in [0.25, 0.3) is 0 Å². The van der Waals surface area contributed by atoms with Gasteiger partial charge in [-0.05, 0) is 48.7 Å². The highest BCUT2D eigenvalue weighted by Gasteiger charge is 2.22. The first kappa shape index (κ1) is 15.5. The molecule has 0 aromatic heterocycles. The van der Waals surface area contributed by atoms with Gasteiger partial charge in [0.1, 0.15) is 5.82 Å². The summed E-state index contributed by atoms with van der Waals surface area (Å²) in [6.45, 7) is 1.41. The van der Waals surface area contributed by atoms with Crippen LogP contribution in [0, 0.1) is 5.82 Å². The van der Waals surface area contributed by atoms with E-state index >= 15 is 0 Å². The van der Waals surface area contributed by atoms with Crippen LogP contribution >= 0.6 is 0 Å². The second-order valence-electron chi connectivity index (χ2n) is 5.84. The Kier molecular flexibility index (Phi) is 4.30. The van der Waals surface area contributed by atoms with Crippen molar-refractivity contribution in [3.05, 3.63) is 65.0 Å². The molecule has 3 rings (SSSR count). The second kappa shape index (κ2) is 6.38. The lowest BCUT2D eigenvalue weighted by atomic mass is 10.0. The molecule has 1 amide bonds. The standard InChI is InChI=1S/C18H19FN2O2/c19-14-7-8-16-15(10-14)17(22)2-1-9-21(16)11-12-3-5-13(6-4-12)18(20)23/h3-8,10,17,22H,1-2,9,11H2,(H2,20,23). The van der Waals surface area contributed by atoms with E-state index in [9.17, 15) is 14.3 Å². The predicted octanol–water partition coefficient (Wildman–Crippen LogP) is 2.76. The van der Waals surface area contributed by atoms with E-state index < -0.39 is 12.0 Å². The summed E-state index contributed by atoms with van der Waals surface area (Å²) in [5, 5.41) is 10.2. The minimum Gasteiger partial charge on any atom is -0.388 e. The Morgan fingerprint density at radius 2 is 2.00 bits per heavy atom. The van der Waals surface area contributed by atoms with Crippen molar-refractivity contribution in [3.63, 3.8) is 0 Å². The number of aliphatic hydroxyl groups is 1. The first-order valence-corrected chi connectivity index (χ1v) is 7.66. The van der Waals surface area contributed by atoms with Crippen LogP contribution in [0.1, 0.15) is 40.4 Å². The minimum absolute atomic E-state index is 0.338.